The molecule has 3 atom stereocenters. The first-order chi connectivity index (χ1) is 9.23. The second kappa shape index (κ2) is 7.18. The molecule has 1 aliphatic carbocycles. The number of fused-ring (bicyclic) bond motifs is 1. The molecule has 0 aromatic rings. The minimum atomic E-state index is -2.43. The van der Waals surface area contributed by atoms with Crippen molar-refractivity contribution >= 4 is 8.80 Å². The SMILES string of the molecule is CCO[Si](CCC1CC[C@H]2OC2C1)(OCC)OCC. The van der Waals surface area contributed by atoms with Gasteiger partial charge in [0, 0.05) is 25.9 Å². The Hall–Kier alpha value is 0.0569. The van der Waals surface area contributed by atoms with E-state index in [1.54, 1.807) is 0 Å². The van der Waals surface area contributed by atoms with Crippen molar-refractivity contribution in [3.8, 4) is 0 Å². The van der Waals surface area contributed by atoms with Crippen LogP contribution in [0.15, 0.2) is 0 Å². The van der Waals surface area contributed by atoms with Gasteiger partial charge in [0.1, 0.15) is 0 Å². The number of hydrogen-bond acceptors (Lipinski definition) is 4. The van der Waals surface area contributed by atoms with E-state index in [4.69, 9.17) is 18.0 Å². The van der Waals surface area contributed by atoms with Crippen LogP contribution in [0.25, 0.3) is 0 Å². The van der Waals surface area contributed by atoms with Crippen LogP contribution in [0, 0.1) is 5.92 Å². The second-order valence-corrected chi connectivity index (χ2v) is 8.14. The zero-order valence-electron chi connectivity index (χ0n) is 12.5. The van der Waals surface area contributed by atoms with Crippen LogP contribution in [0.1, 0.15) is 46.5 Å². The Balaban J connectivity index is 1.82. The van der Waals surface area contributed by atoms with E-state index in [-0.39, 0.29) is 0 Å². The van der Waals surface area contributed by atoms with E-state index in [0.29, 0.717) is 32.0 Å². The molecule has 0 amide bonds. The van der Waals surface area contributed by atoms with Gasteiger partial charge < -0.3 is 18.0 Å². The van der Waals surface area contributed by atoms with E-state index in [0.717, 1.165) is 18.4 Å². The highest BCUT2D eigenvalue weighted by Gasteiger charge is 2.46. The molecule has 2 rings (SSSR count). The first-order valence-corrected chi connectivity index (χ1v) is 9.73. The summed E-state index contributed by atoms with van der Waals surface area (Å²) in [5.74, 6) is 0.761. The van der Waals surface area contributed by atoms with Gasteiger partial charge in [-0.2, -0.15) is 0 Å². The normalized spacial score (nSPS) is 30.2. The highest BCUT2D eigenvalue weighted by molar-refractivity contribution is 6.60. The molecule has 0 spiro atoms. The largest absolute Gasteiger partial charge is 0.500 e. The average Bonchev–Trinajstić information content (AvgIpc) is 3.16. The molecule has 5 heteroatoms. The molecule has 0 aromatic heterocycles. The van der Waals surface area contributed by atoms with Crippen molar-refractivity contribution in [1.82, 2.24) is 0 Å². The first kappa shape index (κ1) is 15.4. The zero-order chi connectivity index (χ0) is 13.7. The van der Waals surface area contributed by atoms with Crippen molar-refractivity contribution in [2.45, 2.75) is 64.7 Å². The molecule has 0 bridgehead atoms. The molecule has 4 nitrogen and oxygen atoms in total. The van der Waals surface area contributed by atoms with Crippen molar-refractivity contribution in [2.75, 3.05) is 19.8 Å². The smallest absolute Gasteiger partial charge is 0.374 e. The number of rotatable bonds is 9. The molecule has 19 heavy (non-hydrogen) atoms. The molecule has 1 heterocycles. The van der Waals surface area contributed by atoms with Crippen LogP contribution < -0.4 is 0 Å². The van der Waals surface area contributed by atoms with Gasteiger partial charge in [-0.3, -0.25) is 0 Å². The van der Waals surface area contributed by atoms with E-state index in [1.807, 2.05) is 20.8 Å². The van der Waals surface area contributed by atoms with Crippen molar-refractivity contribution in [1.29, 1.82) is 0 Å². The minimum absolute atomic E-state index is 0.557. The maximum Gasteiger partial charge on any atom is 0.500 e. The first-order valence-electron chi connectivity index (χ1n) is 7.80. The molecule has 2 aliphatic rings. The molecular formula is C14H28O4Si. The monoisotopic (exact) mass is 288 g/mol. The quantitative estimate of drug-likeness (QED) is 0.483. The van der Waals surface area contributed by atoms with Gasteiger partial charge in [-0.05, 0) is 52.4 Å². The van der Waals surface area contributed by atoms with Crippen LogP contribution in [-0.2, 0) is 18.0 Å². The Kier molecular flexibility index (Phi) is 5.83. The number of ether oxygens (including phenoxy) is 1. The molecule has 0 radical (unpaired) electrons. The van der Waals surface area contributed by atoms with Crippen LogP contribution in [0.3, 0.4) is 0 Å². The predicted octanol–water partition coefficient (Wildman–Crippen LogP) is 2.99. The van der Waals surface area contributed by atoms with Gasteiger partial charge in [0.05, 0.1) is 12.2 Å². The summed E-state index contributed by atoms with van der Waals surface area (Å²) >= 11 is 0. The third kappa shape index (κ3) is 4.26. The topological polar surface area (TPSA) is 40.2 Å². The predicted molar refractivity (Wildman–Crippen MR) is 76.1 cm³/mol. The Morgan fingerprint density at radius 3 is 2.11 bits per heavy atom. The summed E-state index contributed by atoms with van der Waals surface area (Å²) in [5.41, 5.74) is 0. The average molecular weight is 288 g/mol. The Bertz CT molecular complexity index is 257. The van der Waals surface area contributed by atoms with Gasteiger partial charge in [0.25, 0.3) is 0 Å². The molecule has 112 valence electrons. The molecule has 1 saturated heterocycles. The maximum absolute atomic E-state index is 5.90. The van der Waals surface area contributed by atoms with E-state index in [9.17, 15) is 0 Å². The van der Waals surface area contributed by atoms with E-state index in [2.05, 4.69) is 0 Å². The molecule has 1 aliphatic heterocycles. The Morgan fingerprint density at radius 1 is 0.947 bits per heavy atom. The zero-order valence-corrected chi connectivity index (χ0v) is 13.5. The van der Waals surface area contributed by atoms with Crippen LogP contribution in [0.2, 0.25) is 6.04 Å². The molecule has 2 fully saturated rings. The van der Waals surface area contributed by atoms with Crippen molar-refractivity contribution in [3.63, 3.8) is 0 Å². The maximum atomic E-state index is 5.90. The minimum Gasteiger partial charge on any atom is -0.374 e. The fourth-order valence-electron chi connectivity index (χ4n) is 3.13. The molecule has 1 saturated carbocycles. The summed E-state index contributed by atoms with van der Waals surface area (Å²) < 4.78 is 23.3. The number of epoxide rings is 1. The van der Waals surface area contributed by atoms with E-state index >= 15 is 0 Å². The van der Waals surface area contributed by atoms with Gasteiger partial charge in [-0.15, -0.1) is 0 Å². The van der Waals surface area contributed by atoms with Crippen molar-refractivity contribution in [3.05, 3.63) is 0 Å². The van der Waals surface area contributed by atoms with Crippen LogP contribution in [-0.4, -0.2) is 40.8 Å². The third-order valence-corrected chi connectivity index (χ3v) is 7.15. The van der Waals surface area contributed by atoms with E-state index in [1.165, 1.54) is 19.3 Å². The third-order valence-electron chi connectivity index (χ3n) is 4.06. The van der Waals surface area contributed by atoms with Gasteiger partial charge >= 0.3 is 8.80 Å². The highest BCUT2D eigenvalue weighted by Crippen LogP contribution is 2.41. The second-order valence-electron chi connectivity index (χ2n) is 5.41. The molecule has 0 N–H and O–H groups in total. The van der Waals surface area contributed by atoms with Crippen LogP contribution >= 0.6 is 0 Å². The van der Waals surface area contributed by atoms with E-state index < -0.39 is 8.80 Å². The van der Waals surface area contributed by atoms with Gasteiger partial charge in [0.2, 0.25) is 0 Å². The van der Waals surface area contributed by atoms with Gasteiger partial charge in [-0.1, -0.05) is 0 Å². The van der Waals surface area contributed by atoms with Crippen molar-refractivity contribution in [2.24, 2.45) is 5.92 Å². The lowest BCUT2D eigenvalue weighted by Gasteiger charge is -2.30. The summed E-state index contributed by atoms with van der Waals surface area (Å²) in [6.45, 7) is 8.06. The van der Waals surface area contributed by atoms with Crippen LogP contribution in [0.4, 0.5) is 0 Å². The van der Waals surface area contributed by atoms with Gasteiger partial charge in [0.15, 0.2) is 0 Å². The lowest BCUT2D eigenvalue weighted by atomic mass is 9.88. The fourth-order valence-corrected chi connectivity index (χ4v) is 5.90. The Morgan fingerprint density at radius 2 is 1.58 bits per heavy atom. The molecule has 0 aromatic carbocycles. The van der Waals surface area contributed by atoms with Crippen molar-refractivity contribution < 1.29 is 18.0 Å². The summed E-state index contributed by atoms with van der Waals surface area (Å²) in [6.07, 6.45) is 6.04. The van der Waals surface area contributed by atoms with Crippen LogP contribution in [0.5, 0.6) is 0 Å². The summed E-state index contributed by atoms with van der Waals surface area (Å²) in [5, 5.41) is 0. The Labute approximate surface area is 118 Å². The standard InChI is InChI=1S/C14H28O4Si/c1-4-15-19(16-5-2,17-6-3)10-9-12-7-8-13-14(11-12)18-13/h12-14H,4-11H2,1-3H3/t12?,13-,14?/m1/s1. The summed E-state index contributed by atoms with van der Waals surface area (Å²) in [6, 6.07) is 0.949. The summed E-state index contributed by atoms with van der Waals surface area (Å²) in [7, 11) is -2.43. The lowest BCUT2D eigenvalue weighted by molar-refractivity contribution is 0.0691. The lowest BCUT2D eigenvalue weighted by Crippen LogP contribution is -2.46. The molecule has 2 unspecified atom stereocenters. The summed E-state index contributed by atoms with van der Waals surface area (Å²) in [4.78, 5) is 0. The van der Waals surface area contributed by atoms with Gasteiger partial charge in [-0.25, -0.2) is 0 Å². The number of hydrogen-bond donors (Lipinski definition) is 0. The highest BCUT2D eigenvalue weighted by atomic mass is 28.4. The molecular weight excluding hydrogens is 260 g/mol. The fraction of sp³-hybridized carbons (Fsp3) is 1.00.